The van der Waals surface area contributed by atoms with Crippen LogP contribution in [-0.4, -0.2) is 94.8 Å². The Bertz CT molecular complexity index is 2110. The second-order valence-corrected chi connectivity index (χ2v) is 16.2. The van der Waals surface area contributed by atoms with Crippen molar-refractivity contribution in [2.45, 2.75) is 75.5 Å². The summed E-state index contributed by atoms with van der Waals surface area (Å²) in [5.74, 6) is -0.548. The van der Waals surface area contributed by atoms with Gasteiger partial charge in [-0.15, -0.1) is 11.3 Å². The number of rotatable bonds is 11. The number of aromatic nitrogens is 2. The highest BCUT2D eigenvalue weighted by atomic mass is 32.1. The normalized spacial score (nSPS) is 21.3. The summed E-state index contributed by atoms with van der Waals surface area (Å²) in [4.78, 5) is 80.5. The maximum absolute atomic E-state index is 15.2. The smallest absolute Gasteiger partial charge is 0.395 e. The first-order valence-corrected chi connectivity index (χ1v) is 20.1. The van der Waals surface area contributed by atoms with Gasteiger partial charge in [-0.1, -0.05) is 29.0 Å². The predicted molar refractivity (Wildman–Crippen MR) is 202 cm³/mol. The monoisotopic (exact) mass is 789 g/mol. The number of para-hydroxylation sites is 1. The lowest BCUT2D eigenvalue weighted by atomic mass is 9.91. The average molecular weight is 790 g/mol. The first kappa shape index (κ1) is 38.2. The van der Waals surface area contributed by atoms with Crippen molar-refractivity contribution in [1.29, 1.82) is 0 Å². The molecule has 55 heavy (non-hydrogen) atoms. The van der Waals surface area contributed by atoms with Gasteiger partial charge in [0.05, 0.1) is 4.88 Å². The Labute approximate surface area is 322 Å². The van der Waals surface area contributed by atoms with E-state index < -0.39 is 44.5 Å². The minimum atomic E-state index is -2.60. The van der Waals surface area contributed by atoms with Gasteiger partial charge in [-0.25, -0.2) is 14.8 Å². The molecule has 14 nitrogen and oxygen atoms in total. The Morgan fingerprint density at radius 3 is 2.64 bits per heavy atom. The lowest BCUT2D eigenvalue weighted by Gasteiger charge is -2.43. The van der Waals surface area contributed by atoms with E-state index in [2.05, 4.69) is 20.0 Å². The molecule has 288 valence electrons. The standard InChI is InChI=1S/C38H41FN7O7PS/c1-22(43-54(51)53-27-9-5-4-6-10-27)38(50)52-33(39)23-12-15-31-24(16-23)17-32(55-31)35(47)42-29-11-7-8-26-13-14-30(46(26)36(29)48)37(49)45-19-25(20-45)28-18-40-21-41-34(28)44(2)3/h4-6,9-10,12,15-18,21-22,25-26,29-30,33H,7-8,11,13-14,19-20H2,1-3H3,(H,42,47)/t22-,26-,29-,30-,33?/m0/s1. The summed E-state index contributed by atoms with van der Waals surface area (Å²) in [7, 11) is 1.24. The molecule has 3 aliphatic heterocycles. The third-order valence-corrected chi connectivity index (χ3v) is 12.2. The van der Waals surface area contributed by atoms with Crippen molar-refractivity contribution < 1.29 is 37.7 Å². The number of halogens is 1. The van der Waals surface area contributed by atoms with Crippen molar-refractivity contribution in [1.82, 2.24) is 25.1 Å². The average Bonchev–Trinajstić information content (AvgIpc) is 3.75. The number of fused-ring (bicyclic) bond motifs is 2. The second kappa shape index (κ2) is 16.4. The van der Waals surface area contributed by atoms with E-state index in [9.17, 15) is 24.1 Å². The predicted octanol–water partition coefficient (Wildman–Crippen LogP) is 4.86. The molecule has 2 aromatic heterocycles. The first-order chi connectivity index (χ1) is 26.5. The van der Waals surface area contributed by atoms with Crippen LogP contribution in [0.4, 0.5) is 10.2 Å². The maximum atomic E-state index is 15.2. The summed E-state index contributed by atoms with van der Waals surface area (Å²) in [5.41, 5.74) is 1.03. The molecule has 3 aliphatic rings. The highest BCUT2D eigenvalue weighted by Crippen LogP contribution is 2.37. The number of esters is 1. The van der Waals surface area contributed by atoms with Crippen molar-refractivity contribution in [2.24, 2.45) is 4.74 Å². The summed E-state index contributed by atoms with van der Waals surface area (Å²) in [5, 5.41) is 3.47. The number of ether oxygens (including phenoxy) is 1. The number of likely N-dealkylation sites (tertiary alicyclic amines) is 1. The van der Waals surface area contributed by atoms with E-state index in [-0.39, 0.29) is 29.3 Å². The largest absolute Gasteiger partial charge is 0.575 e. The van der Waals surface area contributed by atoms with Gasteiger partial charge in [0.2, 0.25) is 11.8 Å². The fraction of sp³-hybridized carbons (Fsp3) is 0.421. The minimum absolute atomic E-state index is 0.0428. The number of alkyl halides is 1. The molecule has 5 heterocycles. The van der Waals surface area contributed by atoms with Crippen LogP contribution in [0.2, 0.25) is 0 Å². The van der Waals surface area contributed by atoms with Gasteiger partial charge < -0.3 is 29.6 Å². The molecule has 7 rings (SSSR count). The van der Waals surface area contributed by atoms with Gasteiger partial charge in [-0.05, 0) is 74.7 Å². The van der Waals surface area contributed by atoms with Crippen molar-refractivity contribution in [3.8, 4) is 5.75 Å². The van der Waals surface area contributed by atoms with Crippen LogP contribution in [0.15, 0.2) is 71.9 Å². The fourth-order valence-electron chi connectivity index (χ4n) is 7.40. The van der Waals surface area contributed by atoms with E-state index in [0.717, 1.165) is 30.6 Å². The van der Waals surface area contributed by atoms with Gasteiger partial charge >= 0.3 is 14.1 Å². The van der Waals surface area contributed by atoms with Crippen molar-refractivity contribution in [3.63, 3.8) is 0 Å². The molecule has 4 aromatic rings. The zero-order valence-electron chi connectivity index (χ0n) is 30.5. The van der Waals surface area contributed by atoms with Crippen LogP contribution in [0.3, 0.4) is 0 Å². The zero-order valence-corrected chi connectivity index (χ0v) is 32.3. The molecule has 2 aromatic carbocycles. The van der Waals surface area contributed by atoms with Gasteiger partial charge in [-0.2, -0.15) is 4.39 Å². The van der Waals surface area contributed by atoms with Gasteiger partial charge in [0, 0.05) is 61.2 Å². The van der Waals surface area contributed by atoms with E-state index in [1.807, 2.05) is 19.0 Å². The molecule has 0 radical (unpaired) electrons. The molecule has 3 saturated heterocycles. The summed E-state index contributed by atoms with van der Waals surface area (Å²) in [6.45, 7) is 2.38. The van der Waals surface area contributed by atoms with Crippen LogP contribution < -0.4 is 19.6 Å². The molecule has 6 atom stereocenters. The molecule has 1 N–H and O–H groups in total. The van der Waals surface area contributed by atoms with Crippen LogP contribution in [-0.2, 0) is 19.1 Å². The van der Waals surface area contributed by atoms with Crippen LogP contribution in [0.25, 0.3) is 10.1 Å². The summed E-state index contributed by atoms with van der Waals surface area (Å²) in [6.07, 6.45) is 4.41. The number of anilines is 1. The molecule has 0 bridgehead atoms. The van der Waals surface area contributed by atoms with E-state index in [1.165, 1.54) is 36.7 Å². The van der Waals surface area contributed by atoms with Crippen LogP contribution in [0.1, 0.15) is 72.1 Å². The van der Waals surface area contributed by atoms with Crippen LogP contribution in [0, 0.1) is 0 Å². The SMILES string of the molecule is C[C@H](N=[P+]([O-])Oc1ccccc1)C(=O)OC(F)c1ccc2sc(C(=O)N[C@H]3CCC[C@H]4CC[C@@H](C(=O)N5CC(c6cncnc6N(C)C)C5)N4C3=O)cc2c1. The van der Waals surface area contributed by atoms with E-state index in [0.29, 0.717) is 46.6 Å². The Morgan fingerprint density at radius 2 is 1.87 bits per heavy atom. The highest BCUT2D eigenvalue weighted by molar-refractivity contribution is 7.34. The number of carbonyl (C=O) groups is 4. The van der Waals surface area contributed by atoms with Gasteiger partial charge in [-0.3, -0.25) is 18.9 Å². The molecular formula is C38H41FN7O7PS. The Hall–Kier alpha value is -5.05. The van der Waals surface area contributed by atoms with Gasteiger partial charge in [0.1, 0.15) is 24.2 Å². The third-order valence-electron chi connectivity index (χ3n) is 10.2. The van der Waals surface area contributed by atoms with E-state index in [4.69, 9.17) is 9.26 Å². The molecule has 3 amide bonds. The molecular weight excluding hydrogens is 748 g/mol. The Balaban J connectivity index is 0.962. The molecule has 3 fully saturated rings. The topological polar surface area (TPSA) is 170 Å². The molecule has 17 heteroatoms. The lowest BCUT2D eigenvalue weighted by molar-refractivity contribution is -0.171. The third kappa shape index (κ3) is 8.31. The fourth-order valence-corrected chi connectivity index (χ4v) is 9.07. The number of benzene rings is 2. The Kier molecular flexibility index (Phi) is 11.4. The summed E-state index contributed by atoms with van der Waals surface area (Å²) < 4.78 is 29.8. The van der Waals surface area contributed by atoms with Crippen molar-refractivity contribution >= 4 is 59.1 Å². The molecule has 0 aliphatic carbocycles. The van der Waals surface area contributed by atoms with Crippen LogP contribution in [0.5, 0.6) is 5.75 Å². The van der Waals surface area contributed by atoms with E-state index >= 15 is 4.39 Å². The van der Waals surface area contributed by atoms with Gasteiger partial charge in [0.25, 0.3) is 12.3 Å². The van der Waals surface area contributed by atoms with Crippen LogP contribution >= 0.6 is 19.5 Å². The summed E-state index contributed by atoms with van der Waals surface area (Å²) in [6, 6.07) is 11.8. The maximum Gasteiger partial charge on any atom is 0.395 e. The van der Waals surface area contributed by atoms with Gasteiger partial charge in [0.15, 0.2) is 11.8 Å². The highest BCUT2D eigenvalue weighted by Gasteiger charge is 2.48. The zero-order chi connectivity index (χ0) is 38.8. The molecule has 0 saturated carbocycles. The number of amides is 3. The number of carbonyl (C=O) groups excluding carboxylic acids is 4. The molecule has 2 unspecified atom stereocenters. The number of hydrogen-bond donors (Lipinski definition) is 1. The second-order valence-electron chi connectivity index (χ2n) is 14.2. The lowest BCUT2D eigenvalue weighted by Crippen LogP contribution is -2.58. The molecule has 0 spiro atoms. The summed E-state index contributed by atoms with van der Waals surface area (Å²) >= 11 is 1.19. The number of thiophene rings is 1. The first-order valence-electron chi connectivity index (χ1n) is 18.1. The number of hydrogen-bond acceptors (Lipinski definition) is 12. The van der Waals surface area contributed by atoms with Crippen molar-refractivity contribution in [3.05, 3.63) is 83.1 Å². The van der Waals surface area contributed by atoms with E-state index in [1.54, 1.807) is 58.5 Å². The quantitative estimate of drug-likeness (QED) is 0.164. The minimum Gasteiger partial charge on any atom is -0.575 e. The van der Waals surface area contributed by atoms with Crippen molar-refractivity contribution in [2.75, 3.05) is 32.1 Å². The Morgan fingerprint density at radius 1 is 1.09 bits per heavy atom. The number of nitrogens with one attached hydrogen (secondary N) is 1. The number of nitrogens with zero attached hydrogens (tertiary/aromatic N) is 6.